The lowest BCUT2D eigenvalue weighted by molar-refractivity contribution is 0.443. The summed E-state index contributed by atoms with van der Waals surface area (Å²) in [5, 5.41) is 8.72. The highest BCUT2D eigenvalue weighted by molar-refractivity contribution is 5.57. The van der Waals surface area contributed by atoms with Crippen LogP contribution < -0.4 is 10.5 Å². The molecule has 18 heavy (non-hydrogen) atoms. The topological polar surface area (TPSA) is 59.0 Å². The second-order valence-corrected chi connectivity index (χ2v) is 3.90. The first-order valence-corrected chi connectivity index (χ1v) is 5.34. The molecule has 2 N–H and O–H groups in total. The summed E-state index contributed by atoms with van der Waals surface area (Å²) < 4.78 is 18.9. The van der Waals surface area contributed by atoms with E-state index in [2.05, 4.69) is 0 Å². The predicted molar refractivity (Wildman–Crippen MR) is 66.8 cm³/mol. The largest absolute Gasteiger partial charge is 0.452 e. The van der Waals surface area contributed by atoms with Crippen LogP contribution in [-0.2, 0) is 0 Å². The Bertz CT molecular complexity index is 632. The van der Waals surface area contributed by atoms with Crippen molar-refractivity contribution in [3.8, 4) is 17.6 Å². The molecule has 4 heteroatoms. The maximum atomic E-state index is 13.5. The van der Waals surface area contributed by atoms with Gasteiger partial charge in [-0.1, -0.05) is 6.07 Å². The average molecular weight is 242 g/mol. The van der Waals surface area contributed by atoms with Gasteiger partial charge in [0.2, 0.25) is 0 Å². The molecule has 0 bridgehead atoms. The molecule has 2 aromatic carbocycles. The standard InChI is InChI=1S/C14H11FN2O/c1-9-2-4-11(15)14(6-9)18-13-5-3-10(8-16)7-12(13)17/h2-7H,17H2,1H3. The molecule has 0 atom stereocenters. The fourth-order valence-corrected chi connectivity index (χ4v) is 1.52. The van der Waals surface area contributed by atoms with Crippen molar-refractivity contribution in [1.29, 1.82) is 5.26 Å². The van der Waals surface area contributed by atoms with Crippen molar-refractivity contribution < 1.29 is 9.13 Å². The predicted octanol–water partition coefficient (Wildman–Crippen LogP) is 3.38. The molecule has 0 aliphatic carbocycles. The Morgan fingerprint density at radius 1 is 1.17 bits per heavy atom. The third kappa shape index (κ3) is 2.41. The molecule has 0 aliphatic rings. The molecule has 2 rings (SSSR count). The monoisotopic (exact) mass is 242 g/mol. The molecule has 0 fully saturated rings. The van der Waals surface area contributed by atoms with Crippen LogP contribution in [0.4, 0.5) is 10.1 Å². The van der Waals surface area contributed by atoms with Gasteiger partial charge in [-0.3, -0.25) is 0 Å². The molecular formula is C14H11FN2O. The van der Waals surface area contributed by atoms with Crippen molar-refractivity contribution in [2.45, 2.75) is 6.92 Å². The fourth-order valence-electron chi connectivity index (χ4n) is 1.52. The summed E-state index contributed by atoms with van der Waals surface area (Å²) in [4.78, 5) is 0. The van der Waals surface area contributed by atoms with Gasteiger partial charge in [-0.05, 0) is 42.8 Å². The van der Waals surface area contributed by atoms with Crippen molar-refractivity contribution in [3.63, 3.8) is 0 Å². The van der Waals surface area contributed by atoms with Crippen LogP contribution in [0.1, 0.15) is 11.1 Å². The molecule has 0 amide bonds. The van der Waals surface area contributed by atoms with Gasteiger partial charge in [0.25, 0.3) is 0 Å². The SMILES string of the molecule is Cc1ccc(F)c(Oc2ccc(C#N)cc2N)c1. The zero-order chi connectivity index (χ0) is 13.1. The number of nitrogens with two attached hydrogens (primary N) is 1. The average Bonchev–Trinajstić information content (AvgIpc) is 2.36. The molecule has 0 saturated carbocycles. The van der Waals surface area contributed by atoms with E-state index in [4.69, 9.17) is 15.7 Å². The zero-order valence-electron chi connectivity index (χ0n) is 9.77. The van der Waals surface area contributed by atoms with Crippen LogP contribution in [0, 0.1) is 24.1 Å². The summed E-state index contributed by atoms with van der Waals surface area (Å²) >= 11 is 0. The van der Waals surface area contributed by atoms with Gasteiger partial charge in [0.1, 0.15) is 0 Å². The number of halogens is 1. The van der Waals surface area contributed by atoms with Crippen molar-refractivity contribution in [2.75, 3.05) is 5.73 Å². The van der Waals surface area contributed by atoms with Crippen LogP contribution in [0.15, 0.2) is 36.4 Å². The van der Waals surface area contributed by atoms with E-state index in [0.29, 0.717) is 17.0 Å². The van der Waals surface area contributed by atoms with E-state index in [1.807, 2.05) is 13.0 Å². The number of nitrogen functional groups attached to an aromatic ring is 1. The van der Waals surface area contributed by atoms with E-state index < -0.39 is 5.82 Å². The third-order valence-electron chi connectivity index (χ3n) is 2.45. The molecule has 0 unspecified atom stereocenters. The third-order valence-corrected chi connectivity index (χ3v) is 2.45. The number of nitrogens with zero attached hydrogens (tertiary/aromatic N) is 1. The summed E-state index contributed by atoms with van der Waals surface area (Å²) in [6.45, 7) is 1.84. The van der Waals surface area contributed by atoms with Crippen LogP contribution in [0.5, 0.6) is 11.5 Å². The van der Waals surface area contributed by atoms with Gasteiger partial charge in [0, 0.05) is 0 Å². The van der Waals surface area contributed by atoms with Crippen molar-refractivity contribution >= 4 is 5.69 Å². The summed E-state index contributed by atoms with van der Waals surface area (Å²) in [6.07, 6.45) is 0. The van der Waals surface area contributed by atoms with E-state index in [-0.39, 0.29) is 5.75 Å². The number of benzene rings is 2. The Morgan fingerprint density at radius 2 is 1.94 bits per heavy atom. The number of ether oxygens (including phenoxy) is 1. The highest BCUT2D eigenvalue weighted by atomic mass is 19.1. The van der Waals surface area contributed by atoms with Crippen LogP contribution >= 0.6 is 0 Å². The summed E-state index contributed by atoms with van der Waals surface area (Å²) in [5.74, 6) is -0.00531. The maximum absolute atomic E-state index is 13.5. The molecule has 0 radical (unpaired) electrons. The lowest BCUT2D eigenvalue weighted by Gasteiger charge is -2.09. The Labute approximate surface area is 104 Å². The molecule has 0 saturated heterocycles. The molecule has 0 aromatic heterocycles. The minimum absolute atomic E-state index is 0.117. The highest BCUT2D eigenvalue weighted by Crippen LogP contribution is 2.30. The van der Waals surface area contributed by atoms with Gasteiger partial charge in [-0.15, -0.1) is 0 Å². The second-order valence-electron chi connectivity index (χ2n) is 3.90. The van der Waals surface area contributed by atoms with Crippen LogP contribution in [0.3, 0.4) is 0 Å². The zero-order valence-corrected chi connectivity index (χ0v) is 9.77. The Kier molecular flexibility index (Phi) is 3.16. The summed E-state index contributed by atoms with van der Waals surface area (Å²) in [7, 11) is 0. The smallest absolute Gasteiger partial charge is 0.165 e. The van der Waals surface area contributed by atoms with Gasteiger partial charge in [0.15, 0.2) is 17.3 Å². The molecule has 2 aromatic rings. The van der Waals surface area contributed by atoms with E-state index in [1.165, 1.54) is 12.1 Å². The van der Waals surface area contributed by atoms with Crippen LogP contribution in [0.25, 0.3) is 0 Å². The molecule has 0 heterocycles. The van der Waals surface area contributed by atoms with Gasteiger partial charge >= 0.3 is 0 Å². The van der Waals surface area contributed by atoms with Crippen molar-refractivity contribution in [1.82, 2.24) is 0 Å². The van der Waals surface area contributed by atoms with Crippen LogP contribution in [0.2, 0.25) is 0 Å². The Balaban J connectivity index is 2.34. The first-order valence-electron chi connectivity index (χ1n) is 5.34. The lowest BCUT2D eigenvalue weighted by Crippen LogP contribution is -1.95. The molecule has 0 aliphatic heterocycles. The number of hydrogen-bond acceptors (Lipinski definition) is 3. The fraction of sp³-hybridized carbons (Fsp3) is 0.0714. The number of hydrogen-bond donors (Lipinski definition) is 1. The van der Waals surface area contributed by atoms with Crippen molar-refractivity contribution in [2.24, 2.45) is 0 Å². The minimum Gasteiger partial charge on any atom is -0.452 e. The molecule has 3 nitrogen and oxygen atoms in total. The first kappa shape index (κ1) is 11.9. The van der Waals surface area contributed by atoms with E-state index in [9.17, 15) is 4.39 Å². The van der Waals surface area contributed by atoms with Crippen molar-refractivity contribution in [3.05, 3.63) is 53.3 Å². The van der Waals surface area contributed by atoms with E-state index in [0.717, 1.165) is 5.56 Å². The Hall–Kier alpha value is -2.54. The normalized spacial score (nSPS) is 9.83. The van der Waals surface area contributed by atoms with Gasteiger partial charge in [-0.2, -0.15) is 5.26 Å². The van der Waals surface area contributed by atoms with E-state index >= 15 is 0 Å². The number of anilines is 1. The number of aryl methyl sites for hydroxylation is 1. The second kappa shape index (κ2) is 4.76. The highest BCUT2D eigenvalue weighted by Gasteiger charge is 2.08. The van der Waals surface area contributed by atoms with Crippen LogP contribution in [-0.4, -0.2) is 0 Å². The molecular weight excluding hydrogens is 231 g/mol. The molecule has 90 valence electrons. The van der Waals surface area contributed by atoms with Gasteiger partial charge in [0.05, 0.1) is 17.3 Å². The maximum Gasteiger partial charge on any atom is 0.165 e. The van der Waals surface area contributed by atoms with E-state index in [1.54, 1.807) is 24.3 Å². The summed E-state index contributed by atoms with van der Waals surface area (Å²) in [6, 6.07) is 11.2. The first-order chi connectivity index (χ1) is 8.60. The number of nitriles is 1. The number of rotatable bonds is 2. The molecule has 0 spiro atoms. The quantitative estimate of drug-likeness (QED) is 0.821. The van der Waals surface area contributed by atoms with Gasteiger partial charge < -0.3 is 10.5 Å². The summed E-state index contributed by atoms with van der Waals surface area (Å²) in [5.41, 5.74) is 7.36. The minimum atomic E-state index is -0.454. The lowest BCUT2D eigenvalue weighted by atomic mass is 10.2. The Morgan fingerprint density at radius 3 is 2.61 bits per heavy atom. The van der Waals surface area contributed by atoms with Gasteiger partial charge in [-0.25, -0.2) is 4.39 Å².